The van der Waals surface area contributed by atoms with Crippen LogP contribution in [0, 0.1) is 0 Å². The average molecular weight is 727 g/mol. The number of nitrogens with zero attached hydrogens (tertiary/aromatic N) is 2. The van der Waals surface area contributed by atoms with Crippen molar-refractivity contribution in [3.8, 4) is 67.3 Å². The molecule has 11 aromatic rings. The molecule has 3 nitrogen and oxygen atoms in total. The lowest BCUT2D eigenvalue weighted by atomic mass is 9.93. The Bertz CT molecular complexity index is 3290. The molecule has 57 heavy (non-hydrogen) atoms. The van der Waals surface area contributed by atoms with Gasteiger partial charge in [-0.3, -0.25) is 0 Å². The van der Waals surface area contributed by atoms with Crippen molar-refractivity contribution in [3.05, 3.63) is 206 Å². The van der Waals surface area contributed by atoms with Crippen molar-refractivity contribution >= 4 is 43.5 Å². The van der Waals surface area contributed by atoms with Gasteiger partial charge in [0.15, 0.2) is 5.82 Å². The average Bonchev–Trinajstić information content (AvgIpc) is 3.67. The first-order valence-corrected chi connectivity index (χ1v) is 19.3. The lowest BCUT2D eigenvalue weighted by Gasteiger charge is -2.14. The van der Waals surface area contributed by atoms with Crippen LogP contribution in [0.5, 0.6) is 0 Å². The highest BCUT2D eigenvalue weighted by Gasteiger charge is 2.15. The molecule has 0 saturated carbocycles. The quantitative estimate of drug-likeness (QED) is 0.171. The first-order valence-electron chi connectivity index (χ1n) is 19.3. The van der Waals surface area contributed by atoms with Crippen LogP contribution in [-0.2, 0) is 0 Å². The zero-order valence-electron chi connectivity index (χ0n) is 30.9. The monoisotopic (exact) mass is 726 g/mol. The summed E-state index contributed by atoms with van der Waals surface area (Å²) < 4.78 is 6.21. The van der Waals surface area contributed by atoms with Gasteiger partial charge in [0.1, 0.15) is 11.2 Å². The lowest BCUT2D eigenvalue weighted by Crippen LogP contribution is -1.96. The minimum atomic E-state index is 0.686. The lowest BCUT2D eigenvalue weighted by molar-refractivity contribution is 0.669. The van der Waals surface area contributed by atoms with Crippen molar-refractivity contribution in [1.82, 2.24) is 9.97 Å². The molecular weight excluding hydrogens is 693 g/mol. The Morgan fingerprint density at radius 3 is 1.46 bits per heavy atom. The van der Waals surface area contributed by atoms with E-state index in [1.807, 2.05) is 30.3 Å². The summed E-state index contributed by atoms with van der Waals surface area (Å²) in [5, 5.41) is 7.10. The first kappa shape index (κ1) is 32.8. The molecule has 0 aliphatic rings. The Morgan fingerprint density at radius 1 is 0.263 bits per heavy atom. The van der Waals surface area contributed by atoms with E-state index in [0.717, 1.165) is 77.8 Å². The molecule has 3 heteroatoms. The van der Waals surface area contributed by atoms with Gasteiger partial charge in [0.05, 0.1) is 11.4 Å². The Balaban J connectivity index is 1.08. The number of aromatic nitrogens is 2. The Hall–Kier alpha value is -7.62. The van der Waals surface area contributed by atoms with E-state index in [0.29, 0.717) is 5.82 Å². The number of hydrogen-bond acceptors (Lipinski definition) is 3. The fourth-order valence-electron chi connectivity index (χ4n) is 8.04. The van der Waals surface area contributed by atoms with Crippen LogP contribution >= 0.6 is 0 Å². The summed E-state index contributed by atoms with van der Waals surface area (Å²) in [5.74, 6) is 0.686. The van der Waals surface area contributed by atoms with Crippen molar-refractivity contribution in [1.29, 1.82) is 0 Å². The number of hydrogen-bond donors (Lipinski definition) is 0. The van der Waals surface area contributed by atoms with Gasteiger partial charge in [-0.2, -0.15) is 0 Å². The summed E-state index contributed by atoms with van der Waals surface area (Å²) >= 11 is 0. The number of benzene rings is 9. The maximum Gasteiger partial charge on any atom is 0.160 e. The van der Waals surface area contributed by atoms with E-state index in [2.05, 4.69) is 176 Å². The van der Waals surface area contributed by atoms with E-state index in [9.17, 15) is 0 Å². The summed E-state index contributed by atoms with van der Waals surface area (Å²) in [6.45, 7) is 0. The van der Waals surface area contributed by atoms with Crippen LogP contribution in [0.4, 0.5) is 0 Å². The molecule has 0 radical (unpaired) electrons. The molecule has 9 aromatic carbocycles. The minimum absolute atomic E-state index is 0.686. The molecule has 2 aromatic heterocycles. The maximum absolute atomic E-state index is 6.21. The molecule has 11 rings (SSSR count). The second-order valence-electron chi connectivity index (χ2n) is 14.6. The molecule has 0 aliphatic carbocycles. The molecule has 2 heterocycles. The van der Waals surface area contributed by atoms with Gasteiger partial charge in [-0.05, 0) is 110 Å². The van der Waals surface area contributed by atoms with E-state index < -0.39 is 0 Å². The molecule has 0 aliphatic heterocycles. The third-order valence-electron chi connectivity index (χ3n) is 11.0. The SMILES string of the molecule is c1ccc(-c2nc(-c3ccc(-c4ccc5ccccc5c4)cc3)cc(-c3cc(-c4ccc5ccccc5c4)cc(-c4ccc5oc6ccccc6c5c4)c3)n2)cc1. The van der Waals surface area contributed by atoms with Gasteiger partial charge >= 0.3 is 0 Å². The van der Waals surface area contributed by atoms with Crippen LogP contribution < -0.4 is 0 Å². The van der Waals surface area contributed by atoms with Gasteiger partial charge in [0.25, 0.3) is 0 Å². The second-order valence-corrected chi connectivity index (χ2v) is 14.6. The maximum atomic E-state index is 6.21. The highest BCUT2D eigenvalue weighted by atomic mass is 16.3. The second kappa shape index (κ2) is 13.6. The molecule has 0 N–H and O–H groups in total. The van der Waals surface area contributed by atoms with Crippen molar-refractivity contribution in [2.75, 3.05) is 0 Å². The van der Waals surface area contributed by atoms with Crippen LogP contribution in [0.2, 0.25) is 0 Å². The molecule has 0 saturated heterocycles. The van der Waals surface area contributed by atoms with Gasteiger partial charge < -0.3 is 4.42 Å². The molecule has 0 unspecified atom stereocenters. The van der Waals surface area contributed by atoms with E-state index >= 15 is 0 Å². The van der Waals surface area contributed by atoms with Gasteiger partial charge in [-0.1, -0.05) is 152 Å². The Morgan fingerprint density at radius 2 is 0.754 bits per heavy atom. The minimum Gasteiger partial charge on any atom is -0.456 e. The fraction of sp³-hybridized carbons (Fsp3) is 0. The predicted molar refractivity (Wildman–Crippen MR) is 237 cm³/mol. The van der Waals surface area contributed by atoms with Crippen LogP contribution in [0.1, 0.15) is 0 Å². The third kappa shape index (κ3) is 6.12. The Kier molecular flexibility index (Phi) is 7.82. The van der Waals surface area contributed by atoms with Gasteiger partial charge in [-0.25, -0.2) is 9.97 Å². The summed E-state index contributed by atoms with van der Waals surface area (Å²) in [5.41, 5.74) is 13.3. The van der Waals surface area contributed by atoms with Crippen LogP contribution in [0.25, 0.3) is 111 Å². The molecular formula is C54H34N2O. The van der Waals surface area contributed by atoms with E-state index in [1.165, 1.54) is 27.1 Å². The number of rotatable bonds is 6. The molecule has 0 spiro atoms. The summed E-state index contributed by atoms with van der Waals surface area (Å²) in [7, 11) is 0. The van der Waals surface area contributed by atoms with Crippen molar-refractivity contribution in [2.45, 2.75) is 0 Å². The summed E-state index contributed by atoms with van der Waals surface area (Å²) in [4.78, 5) is 10.4. The zero-order valence-corrected chi connectivity index (χ0v) is 30.9. The van der Waals surface area contributed by atoms with Gasteiger partial charge in [0.2, 0.25) is 0 Å². The van der Waals surface area contributed by atoms with Crippen molar-refractivity contribution < 1.29 is 4.42 Å². The zero-order chi connectivity index (χ0) is 37.7. The van der Waals surface area contributed by atoms with Crippen LogP contribution in [-0.4, -0.2) is 9.97 Å². The summed E-state index contributed by atoms with van der Waals surface area (Å²) in [6, 6.07) is 73.0. The van der Waals surface area contributed by atoms with E-state index in [4.69, 9.17) is 14.4 Å². The third-order valence-corrected chi connectivity index (χ3v) is 11.0. The normalized spacial score (nSPS) is 11.5. The molecule has 0 amide bonds. The molecule has 266 valence electrons. The fourth-order valence-corrected chi connectivity index (χ4v) is 8.04. The molecule has 0 atom stereocenters. The number of para-hydroxylation sites is 1. The highest BCUT2D eigenvalue weighted by molar-refractivity contribution is 6.06. The predicted octanol–water partition coefficient (Wildman–Crippen LogP) is 14.7. The largest absolute Gasteiger partial charge is 0.456 e. The van der Waals surface area contributed by atoms with Crippen molar-refractivity contribution in [3.63, 3.8) is 0 Å². The van der Waals surface area contributed by atoms with Crippen LogP contribution in [0.15, 0.2) is 211 Å². The van der Waals surface area contributed by atoms with E-state index in [-0.39, 0.29) is 0 Å². The summed E-state index contributed by atoms with van der Waals surface area (Å²) in [6.07, 6.45) is 0. The van der Waals surface area contributed by atoms with Crippen LogP contribution in [0.3, 0.4) is 0 Å². The number of furan rings is 1. The molecule has 0 fully saturated rings. The van der Waals surface area contributed by atoms with Crippen molar-refractivity contribution in [2.24, 2.45) is 0 Å². The number of fused-ring (bicyclic) bond motifs is 5. The van der Waals surface area contributed by atoms with E-state index in [1.54, 1.807) is 0 Å². The van der Waals surface area contributed by atoms with Gasteiger partial charge in [0, 0.05) is 27.5 Å². The molecule has 0 bridgehead atoms. The topological polar surface area (TPSA) is 38.9 Å². The first-order chi connectivity index (χ1) is 28.2. The standard InChI is InChI=1S/C54H34N2O/c1-2-12-39(13-3-1)54-55-50(38-22-18-37(19-23-38)42-24-20-35-10-4-6-14-40(35)28-42)34-51(56-54)47-31-45(43-25-21-36-11-5-7-15-41(36)29-43)30-46(32-47)44-26-27-53-49(33-44)48-16-8-9-17-52(48)57-53/h1-34H. The van der Waals surface area contributed by atoms with Gasteiger partial charge in [-0.15, -0.1) is 0 Å². The highest BCUT2D eigenvalue weighted by Crippen LogP contribution is 2.38. The smallest absolute Gasteiger partial charge is 0.160 e. The Labute approximate surface area is 330 Å².